The highest BCUT2D eigenvalue weighted by Gasteiger charge is 2.18. The fourth-order valence-electron chi connectivity index (χ4n) is 2.70. The monoisotopic (exact) mass is 375 g/mol. The molecule has 0 bridgehead atoms. The number of nitrogens with one attached hydrogen (secondary N) is 1. The molecule has 0 atom stereocenters. The molecule has 2 aromatic rings. The molecule has 0 radical (unpaired) electrons. The molecular formula is C19H25N3O5. The van der Waals surface area contributed by atoms with E-state index in [1.807, 2.05) is 13.0 Å². The number of aromatic carboxylic acids is 1. The van der Waals surface area contributed by atoms with Gasteiger partial charge in [0.25, 0.3) is 0 Å². The summed E-state index contributed by atoms with van der Waals surface area (Å²) in [6, 6.07) is 4.81. The number of aryl methyl sites for hydroxylation is 1. The van der Waals surface area contributed by atoms with E-state index in [0.29, 0.717) is 30.2 Å². The molecule has 8 heteroatoms. The number of pyridine rings is 1. The second-order valence-corrected chi connectivity index (χ2v) is 6.04. The Kier molecular flexibility index (Phi) is 7.22. The molecule has 146 valence electrons. The van der Waals surface area contributed by atoms with Crippen molar-refractivity contribution in [1.29, 1.82) is 0 Å². The minimum atomic E-state index is -0.937. The van der Waals surface area contributed by atoms with Crippen molar-refractivity contribution in [3.63, 3.8) is 0 Å². The van der Waals surface area contributed by atoms with Crippen LogP contribution in [-0.2, 0) is 6.42 Å². The van der Waals surface area contributed by atoms with Gasteiger partial charge in [-0.25, -0.2) is 9.59 Å². The number of nitrogens with zero attached hydrogens (tertiary/aromatic N) is 1. The third-order valence-corrected chi connectivity index (χ3v) is 3.99. The lowest BCUT2D eigenvalue weighted by Gasteiger charge is -2.08. The highest BCUT2D eigenvalue weighted by molar-refractivity contribution is 5.95. The highest BCUT2D eigenvalue weighted by Crippen LogP contribution is 2.36. The molecule has 0 spiro atoms. The first-order valence-corrected chi connectivity index (χ1v) is 8.96. The Morgan fingerprint density at radius 1 is 1.19 bits per heavy atom. The summed E-state index contributed by atoms with van der Waals surface area (Å²) < 4.78 is 10.7. The summed E-state index contributed by atoms with van der Waals surface area (Å²) in [6.07, 6.45) is 3.79. The molecule has 3 rings (SSSR count). The third-order valence-electron chi connectivity index (χ3n) is 3.99. The van der Waals surface area contributed by atoms with Gasteiger partial charge in [-0.15, -0.1) is 0 Å². The van der Waals surface area contributed by atoms with Crippen LogP contribution in [0.25, 0.3) is 10.9 Å². The van der Waals surface area contributed by atoms with Crippen LogP contribution in [-0.4, -0.2) is 35.4 Å². The number of aromatic nitrogens is 1. The second-order valence-electron chi connectivity index (χ2n) is 6.04. The molecular weight excluding hydrogens is 350 g/mol. The number of benzene rings is 1. The van der Waals surface area contributed by atoms with Crippen LogP contribution in [0, 0.1) is 0 Å². The maximum atomic E-state index is 11.4. The number of ether oxygens (including phenoxy) is 2. The largest absolute Gasteiger partial charge is 0.478 e. The number of primary amides is 1. The van der Waals surface area contributed by atoms with E-state index in [1.165, 1.54) is 0 Å². The van der Waals surface area contributed by atoms with Crippen molar-refractivity contribution < 1.29 is 24.2 Å². The average molecular weight is 375 g/mol. The van der Waals surface area contributed by atoms with Gasteiger partial charge in [-0.3, -0.25) is 4.98 Å². The van der Waals surface area contributed by atoms with Crippen molar-refractivity contribution in [3.05, 3.63) is 29.5 Å². The summed E-state index contributed by atoms with van der Waals surface area (Å²) in [7, 11) is 0. The van der Waals surface area contributed by atoms with Gasteiger partial charge in [0.1, 0.15) is 0 Å². The van der Waals surface area contributed by atoms with Crippen LogP contribution in [0.4, 0.5) is 4.79 Å². The quantitative estimate of drug-likeness (QED) is 0.667. The minimum Gasteiger partial charge on any atom is -0.478 e. The summed E-state index contributed by atoms with van der Waals surface area (Å²) in [5.41, 5.74) is 6.32. The van der Waals surface area contributed by atoms with Gasteiger partial charge in [-0.05, 0) is 31.9 Å². The van der Waals surface area contributed by atoms with E-state index in [9.17, 15) is 14.7 Å². The molecule has 0 fully saturated rings. The first-order chi connectivity index (χ1) is 13.0. The lowest BCUT2D eigenvalue weighted by Crippen LogP contribution is -2.28. The van der Waals surface area contributed by atoms with Crippen LogP contribution in [0.1, 0.15) is 49.2 Å². The fraction of sp³-hybridized carbons (Fsp3) is 0.421. The number of carbonyl (C=O) groups is 2. The number of nitrogens with two attached hydrogens (primary N) is 1. The maximum absolute atomic E-state index is 11.4. The number of fused-ring (bicyclic) bond motifs is 2. The molecule has 1 aliphatic heterocycles. The minimum absolute atomic E-state index is 0.195. The molecule has 2 heterocycles. The van der Waals surface area contributed by atoms with E-state index >= 15 is 0 Å². The molecule has 0 aliphatic carbocycles. The van der Waals surface area contributed by atoms with E-state index in [1.54, 1.807) is 12.1 Å². The number of carbonyl (C=O) groups excluding carboxylic acids is 1. The number of urea groups is 1. The Balaban J connectivity index is 0.000000380. The summed E-state index contributed by atoms with van der Waals surface area (Å²) in [4.78, 5) is 25.7. The van der Waals surface area contributed by atoms with Crippen LogP contribution >= 0.6 is 0 Å². The predicted molar refractivity (Wildman–Crippen MR) is 101 cm³/mol. The Morgan fingerprint density at radius 3 is 2.44 bits per heavy atom. The number of hydrogen-bond acceptors (Lipinski definition) is 5. The van der Waals surface area contributed by atoms with Gasteiger partial charge in [-0.1, -0.05) is 19.8 Å². The molecule has 8 nitrogen and oxygen atoms in total. The zero-order valence-electron chi connectivity index (χ0n) is 15.6. The topological polar surface area (TPSA) is 124 Å². The van der Waals surface area contributed by atoms with E-state index in [2.05, 4.69) is 23.0 Å². The SMILES string of the molecule is CCCCCc1nc2cc3c(cc2cc1C(=O)O)OCO3.CCNC(N)=O. The van der Waals surface area contributed by atoms with Gasteiger partial charge in [-0.2, -0.15) is 0 Å². The van der Waals surface area contributed by atoms with Gasteiger partial charge in [0.05, 0.1) is 16.8 Å². The lowest BCUT2D eigenvalue weighted by atomic mass is 10.0. The Morgan fingerprint density at radius 2 is 1.89 bits per heavy atom. The summed E-state index contributed by atoms with van der Waals surface area (Å²) >= 11 is 0. The molecule has 0 saturated carbocycles. The number of amides is 2. The van der Waals surface area contributed by atoms with Crippen molar-refractivity contribution in [3.8, 4) is 11.5 Å². The summed E-state index contributed by atoms with van der Waals surface area (Å²) in [6.45, 7) is 4.73. The van der Waals surface area contributed by atoms with Gasteiger partial charge in [0.2, 0.25) is 6.79 Å². The van der Waals surface area contributed by atoms with E-state index < -0.39 is 12.0 Å². The molecule has 0 unspecified atom stereocenters. The van der Waals surface area contributed by atoms with Gasteiger partial charge < -0.3 is 25.6 Å². The predicted octanol–water partition coefficient (Wildman–Crippen LogP) is 3.07. The Hall–Kier alpha value is -3.03. The number of hydrogen-bond donors (Lipinski definition) is 3. The van der Waals surface area contributed by atoms with Crippen molar-refractivity contribution in [1.82, 2.24) is 10.3 Å². The molecule has 4 N–H and O–H groups in total. The smallest absolute Gasteiger partial charge is 0.337 e. The standard InChI is InChI=1S/C16H17NO4.C3H8N2O/c1-2-3-4-5-12-11(16(18)19)6-10-7-14-15(21-9-20-14)8-13(10)17-12;1-2-5-3(4)6/h6-8H,2-5,9H2,1H3,(H,18,19);2H2,1H3,(H3,4,5,6). The highest BCUT2D eigenvalue weighted by atomic mass is 16.7. The number of carboxylic acid groups (broad SMARTS) is 1. The van der Waals surface area contributed by atoms with Crippen molar-refractivity contribution >= 4 is 22.9 Å². The van der Waals surface area contributed by atoms with Crippen LogP contribution in [0.2, 0.25) is 0 Å². The summed E-state index contributed by atoms with van der Waals surface area (Å²) in [5, 5.41) is 12.5. The number of carboxylic acids is 1. The van der Waals surface area contributed by atoms with Crippen LogP contribution in [0.15, 0.2) is 18.2 Å². The zero-order chi connectivity index (χ0) is 19.8. The molecule has 2 amide bonds. The van der Waals surface area contributed by atoms with E-state index in [-0.39, 0.29) is 12.4 Å². The van der Waals surface area contributed by atoms with Crippen molar-refractivity contribution in [2.24, 2.45) is 5.73 Å². The normalized spacial score (nSPS) is 11.6. The summed E-state index contributed by atoms with van der Waals surface area (Å²) in [5.74, 6) is 0.366. The van der Waals surface area contributed by atoms with E-state index in [4.69, 9.17) is 9.47 Å². The second kappa shape index (κ2) is 9.61. The average Bonchev–Trinajstić information content (AvgIpc) is 3.06. The van der Waals surface area contributed by atoms with Crippen molar-refractivity contribution in [2.45, 2.75) is 39.5 Å². The fourth-order valence-corrected chi connectivity index (χ4v) is 2.70. The molecule has 0 saturated heterocycles. The molecule has 1 aromatic heterocycles. The Labute approximate surface area is 157 Å². The van der Waals surface area contributed by atoms with Gasteiger partial charge in [0, 0.05) is 18.0 Å². The van der Waals surface area contributed by atoms with Crippen LogP contribution < -0.4 is 20.5 Å². The van der Waals surface area contributed by atoms with Gasteiger partial charge >= 0.3 is 12.0 Å². The number of rotatable bonds is 6. The molecule has 1 aromatic carbocycles. The van der Waals surface area contributed by atoms with Crippen molar-refractivity contribution in [2.75, 3.05) is 13.3 Å². The zero-order valence-corrected chi connectivity index (χ0v) is 15.6. The first kappa shape index (κ1) is 20.3. The van der Waals surface area contributed by atoms with Gasteiger partial charge in [0.15, 0.2) is 11.5 Å². The van der Waals surface area contributed by atoms with E-state index in [0.717, 1.165) is 30.2 Å². The molecule has 27 heavy (non-hydrogen) atoms. The third kappa shape index (κ3) is 5.47. The number of unbranched alkanes of at least 4 members (excludes halogenated alkanes) is 2. The van der Waals surface area contributed by atoms with Crippen LogP contribution in [0.3, 0.4) is 0 Å². The first-order valence-electron chi connectivity index (χ1n) is 8.96. The Bertz CT molecular complexity index is 823. The lowest BCUT2D eigenvalue weighted by molar-refractivity contribution is 0.0695. The molecule has 1 aliphatic rings. The maximum Gasteiger partial charge on any atom is 0.337 e. The van der Waals surface area contributed by atoms with Crippen LogP contribution in [0.5, 0.6) is 11.5 Å².